The molecular formula is C18H16Br2N2O5. The minimum absolute atomic E-state index is 0.0407. The standard InChI is InChI=1S/C18H16Br2N2O5/c19-14-9-5-10(15(14)20)13-12(9)16(24)22(17(13)25)6-11(23)21-8-3-1-2-7(4-8)18(26)27/h1-4,9-10,12-15H,5-6H2,(H,21,23)(H,26,27)/t9-,10-,12-,13+,14-,15+/m1/s1. The van der Waals surface area contributed by atoms with Crippen molar-refractivity contribution in [3.63, 3.8) is 0 Å². The van der Waals surface area contributed by atoms with Gasteiger partial charge in [-0.25, -0.2) is 4.79 Å². The SMILES string of the molecule is O=C(CN1C(=O)[C@@H]2[C@H]3C[C@@H]([C@H](Br)[C@@H]3Br)[C@@H]2C1=O)Nc1cccc(C(=O)O)c1. The van der Waals surface area contributed by atoms with Crippen LogP contribution in [0.3, 0.4) is 0 Å². The van der Waals surface area contributed by atoms with E-state index in [0.29, 0.717) is 5.69 Å². The van der Waals surface area contributed by atoms with E-state index in [1.165, 1.54) is 18.2 Å². The fraction of sp³-hybridized carbons (Fsp3) is 0.444. The van der Waals surface area contributed by atoms with Gasteiger partial charge in [-0.05, 0) is 36.5 Å². The summed E-state index contributed by atoms with van der Waals surface area (Å²) in [5.41, 5.74) is 0.347. The van der Waals surface area contributed by atoms with Crippen molar-refractivity contribution in [2.24, 2.45) is 23.7 Å². The molecule has 2 bridgehead atoms. The fourth-order valence-electron chi connectivity index (χ4n) is 4.64. The Morgan fingerprint density at radius 2 is 1.70 bits per heavy atom. The third-order valence-electron chi connectivity index (χ3n) is 5.77. The first kappa shape index (κ1) is 18.6. The number of rotatable bonds is 4. The summed E-state index contributed by atoms with van der Waals surface area (Å²) < 4.78 is 0. The van der Waals surface area contributed by atoms with E-state index in [9.17, 15) is 19.2 Å². The maximum atomic E-state index is 12.8. The van der Waals surface area contributed by atoms with Crippen LogP contribution in [0.25, 0.3) is 0 Å². The minimum atomic E-state index is -1.10. The molecule has 0 aromatic heterocycles. The van der Waals surface area contributed by atoms with E-state index in [1.54, 1.807) is 6.07 Å². The van der Waals surface area contributed by atoms with Crippen molar-refractivity contribution in [3.05, 3.63) is 29.8 Å². The van der Waals surface area contributed by atoms with E-state index in [4.69, 9.17) is 5.11 Å². The molecule has 0 unspecified atom stereocenters. The first-order valence-electron chi connectivity index (χ1n) is 8.56. The number of aromatic carboxylic acids is 1. The smallest absolute Gasteiger partial charge is 0.335 e. The predicted octanol–water partition coefficient (Wildman–Crippen LogP) is 2.10. The number of anilines is 1. The number of likely N-dealkylation sites (tertiary alicyclic amines) is 1. The lowest BCUT2D eigenvalue weighted by atomic mass is 9.81. The lowest BCUT2D eigenvalue weighted by molar-refractivity contribution is -0.143. The number of amides is 3. The van der Waals surface area contributed by atoms with Crippen LogP contribution >= 0.6 is 31.9 Å². The molecule has 0 radical (unpaired) electrons. The molecule has 0 spiro atoms. The van der Waals surface area contributed by atoms with Gasteiger partial charge in [-0.15, -0.1) is 0 Å². The zero-order valence-electron chi connectivity index (χ0n) is 14.0. The van der Waals surface area contributed by atoms with Gasteiger partial charge in [-0.2, -0.15) is 0 Å². The van der Waals surface area contributed by atoms with Crippen LogP contribution in [0, 0.1) is 23.7 Å². The molecule has 6 atom stereocenters. The molecule has 3 amide bonds. The number of nitrogens with zero attached hydrogens (tertiary/aromatic N) is 1. The van der Waals surface area contributed by atoms with Crippen LogP contribution in [0.15, 0.2) is 24.3 Å². The molecule has 1 aromatic rings. The van der Waals surface area contributed by atoms with E-state index in [2.05, 4.69) is 37.2 Å². The average Bonchev–Trinajstić information content (AvgIpc) is 3.22. The van der Waals surface area contributed by atoms with Crippen molar-refractivity contribution in [2.45, 2.75) is 16.1 Å². The van der Waals surface area contributed by atoms with Crippen LogP contribution in [0.5, 0.6) is 0 Å². The number of alkyl halides is 2. The number of carboxylic acid groups (broad SMARTS) is 1. The van der Waals surface area contributed by atoms with Crippen molar-refractivity contribution >= 4 is 61.2 Å². The summed E-state index contributed by atoms with van der Waals surface area (Å²) in [6, 6.07) is 5.81. The van der Waals surface area contributed by atoms with E-state index in [1.807, 2.05) is 0 Å². The van der Waals surface area contributed by atoms with Crippen LogP contribution in [0.1, 0.15) is 16.8 Å². The number of nitrogens with one attached hydrogen (secondary N) is 1. The third kappa shape index (κ3) is 2.91. The van der Waals surface area contributed by atoms with Gasteiger partial charge in [0.2, 0.25) is 17.7 Å². The van der Waals surface area contributed by atoms with Crippen LogP contribution in [-0.2, 0) is 14.4 Å². The van der Waals surface area contributed by atoms with E-state index < -0.39 is 11.9 Å². The van der Waals surface area contributed by atoms with Crippen molar-refractivity contribution in [2.75, 3.05) is 11.9 Å². The number of imide groups is 1. The highest BCUT2D eigenvalue weighted by atomic mass is 79.9. The summed E-state index contributed by atoms with van der Waals surface area (Å²) in [4.78, 5) is 50.3. The van der Waals surface area contributed by atoms with Gasteiger partial charge in [-0.1, -0.05) is 37.9 Å². The Labute approximate surface area is 171 Å². The maximum absolute atomic E-state index is 12.8. The van der Waals surface area contributed by atoms with Gasteiger partial charge in [0.05, 0.1) is 17.4 Å². The molecule has 9 heteroatoms. The molecule has 2 saturated carbocycles. The van der Waals surface area contributed by atoms with Crippen molar-refractivity contribution in [1.82, 2.24) is 4.90 Å². The lowest BCUT2D eigenvalue weighted by Gasteiger charge is -2.28. The number of halogens is 2. The summed E-state index contributed by atoms with van der Waals surface area (Å²) in [6.45, 7) is -0.360. The zero-order valence-corrected chi connectivity index (χ0v) is 17.1. The van der Waals surface area contributed by atoms with E-state index in [-0.39, 0.29) is 57.2 Å². The number of fused-ring (bicyclic) bond motifs is 5. The molecule has 27 heavy (non-hydrogen) atoms. The summed E-state index contributed by atoms with van der Waals surface area (Å²) >= 11 is 7.24. The largest absolute Gasteiger partial charge is 0.478 e. The Morgan fingerprint density at radius 3 is 2.26 bits per heavy atom. The second-order valence-corrected chi connectivity index (χ2v) is 9.32. The molecule has 1 aromatic carbocycles. The fourth-order valence-corrected chi connectivity index (χ4v) is 6.51. The Morgan fingerprint density at radius 1 is 1.11 bits per heavy atom. The molecule has 3 fully saturated rings. The van der Waals surface area contributed by atoms with Crippen LogP contribution < -0.4 is 5.32 Å². The topological polar surface area (TPSA) is 104 Å². The van der Waals surface area contributed by atoms with Gasteiger partial charge in [0.15, 0.2) is 0 Å². The summed E-state index contributed by atoms with van der Waals surface area (Å²) in [7, 11) is 0. The van der Waals surface area contributed by atoms with E-state index >= 15 is 0 Å². The molecule has 1 aliphatic heterocycles. The number of carbonyl (C=O) groups excluding carboxylic acids is 3. The minimum Gasteiger partial charge on any atom is -0.478 e. The number of hydrogen-bond donors (Lipinski definition) is 2. The second-order valence-electron chi connectivity index (χ2n) is 7.20. The van der Waals surface area contributed by atoms with Gasteiger partial charge in [0.1, 0.15) is 6.54 Å². The second kappa shape index (κ2) is 6.70. The van der Waals surface area contributed by atoms with Crippen LogP contribution in [0.2, 0.25) is 0 Å². The zero-order chi connectivity index (χ0) is 19.5. The molecule has 7 nitrogen and oxygen atoms in total. The highest BCUT2D eigenvalue weighted by Gasteiger charge is 2.66. The molecule has 1 heterocycles. The summed E-state index contributed by atoms with van der Waals surface area (Å²) in [5, 5.41) is 11.6. The number of hydrogen-bond acceptors (Lipinski definition) is 4. The molecule has 2 aliphatic carbocycles. The third-order valence-corrected chi connectivity index (χ3v) is 8.98. The molecular weight excluding hydrogens is 484 g/mol. The Hall–Kier alpha value is -1.74. The molecule has 3 aliphatic rings. The molecule has 2 N–H and O–H groups in total. The first-order valence-corrected chi connectivity index (χ1v) is 10.4. The van der Waals surface area contributed by atoms with E-state index in [0.717, 1.165) is 11.3 Å². The summed E-state index contributed by atoms with van der Waals surface area (Å²) in [6.07, 6.45) is 0.834. The quantitative estimate of drug-likeness (QED) is 0.487. The Bertz CT molecular complexity index is 828. The maximum Gasteiger partial charge on any atom is 0.335 e. The number of carboxylic acids is 1. The van der Waals surface area contributed by atoms with Crippen LogP contribution in [-0.4, -0.2) is 49.9 Å². The predicted molar refractivity (Wildman–Crippen MR) is 103 cm³/mol. The molecule has 142 valence electrons. The van der Waals surface area contributed by atoms with Gasteiger partial charge in [0, 0.05) is 15.3 Å². The normalized spacial score (nSPS) is 34.1. The van der Waals surface area contributed by atoms with Gasteiger partial charge in [0.25, 0.3) is 0 Å². The van der Waals surface area contributed by atoms with Gasteiger partial charge < -0.3 is 10.4 Å². The van der Waals surface area contributed by atoms with Crippen molar-refractivity contribution in [1.29, 1.82) is 0 Å². The molecule has 4 rings (SSSR count). The first-order chi connectivity index (χ1) is 12.8. The van der Waals surface area contributed by atoms with Crippen molar-refractivity contribution < 1.29 is 24.3 Å². The average molecular weight is 500 g/mol. The monoisotopic (exact) mass is 498 g/mol. The summed E-state index contributed by atoms with van der Waals surface area (Å²) in [5.74, 6) is -2.72. The Balaban J connectivity index is 1.47. The lowest BCUT2D eigenvalue weighted by Crippen LogP contribution is -2.39. The van der Waals surface area contributed by atoms with Gasteiger partial charge >= 0.3 is 5.97 Å². The van der Waals surface area contributed by atoms with Crippen LogP contribution in [0.4, 0.5) is 5.69 Å². The Kier molecular flexibility index (Phi) is 4.62. The van der Waals surface area contributed by atoms with Gasteiger partial charge in [-0.3, -0.25) is 19.3 Å². The number of benzene rings is 1. The molecule has 1 saturated heterocycles. The van der Waals surface area contributed by atoms with Crippen molar-refractivity contribution in [3.8, 4) is 0 Å². The highest BCUT2D eigenvalue weighted by Crippen LogP contribution is 2.60. The highest BCUT2D eigenvalue weighted by molar-refractivity contribution is 9.12. The number of carbonyl (C=O) groups is 4.